The number of hydrogen-bond donors (Lipinski definition) is 1. The highest BCUT2D eigenvalue weighted by molar-refractivity contribution is 6.34. The van der Waals surface area contributed by atoms with E-state index in [9.17, 15) is 4.79 Å². The zero-order chi connectivity index (χ0) is 16.1. The number of carbonyl (C=O) groups excluding carboxylic acids is 1. The molecule has 23 heavy (non-hydrogen) atoms. The Kier molecular flexibility index (Phi) is 8.48. The van der Waals surface area contributed by atoms with Crippen LogP contribution in [0.2, 0.25) is 10.0 Å². The minimum absolute atomic E-state index is 0. The first-order valence-electron chi connectivity index (χ1n) is 7.55. The van der Waals surface area contributed by atoms with Crippen LogP contribution in [0.25, 0.3) is 0 Å². The molecule has 1 amide bonds. The van der Waals surface area contributed by atoms with Crippen molar-refractivity contribution in [2.75, 3.05) is 26.7 Å². The quantitative estimate of drug-likeness (QED) is 0.846. The van der Waals surface area contributed by atoms with Crippen LogP contribution in [0, 0.1) is 5.92 Å². The fraction of sp³-hybridized carbons (Fsp3) is 0.562. The van der Waals surface area contributed by atoms with Gasteiger partial charge in [0.2, 0.25) is 0 Å². The van der Waals surface area contributed by atoms with Gasteiger partial charge in [0.1, 0.15) is 5.75 Å². The number of carbonyl (C=O) groups is 1. The minimum atomic E-state index is -0.553. The van der Waals surface area contributed by atoms with E-state index in [-0.39, 0.29) is 18.3 Å². The maximum absolute atomic E-state index is 12.5. The molecule has 1 aliphatic rings. The summed E-state index contributed by atoms with van der Waals surface area (Å²) in [4.78, 5) is 14.4. The molecule has 4 nitrogen and oxygen atoms in total. The number of rotatable bonds is 5. The molecule has 2 unspecified atom stereocenters. The van der Waals surface area contributed by atoms with Crippen LogP contribution in [0.4, 0.5) is 0 Å². The highest BCUT2D eigenvalue weighted by Crippen LogP contribution is 2.25. The number of nitrogens with one attached hydrogen (secondary N) is 1. The average molecular weight is 382 g/mol. The van der Waals surface area contributed by atoms with Crippen molar-refractivity contribution in [2.24, 2.45) is 5.92 Å². The lowest BCUT2D eigenvalue weighted by atomic mass is 9.97. The minimum Gasteiger partial charge on any atom is -0.481 e. The summed E-state index contributed by atoms with van der Waals surface area (Å²) in [6.45, 7) is 4.27. The summed E-state index contributed by atoms with van der Waals surface area (Å²) in [7, 11) is 1.94. The second-order valence-electron chi connectivity index (χ2n) is 5.72. The molecule has 1 saturated heterocycles. The maximum atomic E-state index is 12.5. The number of halogens is 3. The van der Waals surface area contributed by atoms with Gasteiger partial charge in [-0.1, -0.05) is 23.2 Å². The van der Waals surface area contributed by atoms with E-state index in [1.54, 1.807) is 25.1 Å². The van der Waals surface area contributed by atoms with Gasteiger partial charge in [0.15, 0.2) is 6.10 Å². The summed E-state index contributed by atoms with van der Waals surface area (Å²) >= 11 is 11.9. The molecule has 0 radical (unpaired) electrons. The molecule has 1 N–H and O–H groups in total. The van der Waals surface area contributed by atoms with Gasteiger partial charge in [0.25, 0.3) is 5.91 Å². The maximum Gasteiger partial charge on any atom is 0.263 e. The van der Waals surface area contributed by atoms with Crippen LogP contribution in [-0.4, -0.2) is 43.6 Å². The Hall–Kier alpha value is -0.680. The Morgan fingerprint density at radius 3 is 2.65 bits per heavy atom. The summed E-state index contributed by atoms with van der Waals surface area (Å²) in [5.74, 6) is 1.04. The number of nitrogens with zero attached hydrogens (tertiary/aromatic N) is 1. The van der Waals surface area contributed by atoms with Gasteiger partial charge in [-0.15, -0.1) is 12.4 Å². The van der Waals surface area contributed by atoms with Crippen LogP contribution in [0.3, 0.4) is 0 Å². The molecule has 1 aliphatic heterocycles. The third-order valence-electron chi connectivity index (χ3n) is 3.82. The first-order chi connectivity index (χ1) is 10.5. The predicted molar refractivity (Wildman–Crippen MR) is 97.0 cm³/mol. The Labute approximate surface area is 153 Å². The first-order valence-corrected chi connectivity index (χ1v) is 8.31. The van der Waals surface area contributed by atoms with Crippen molar-refractivity contribution >= 4 is 41.5 Å². The Morgan fingerprint density at radius 2 is 2.04 bits per heavy atom. The molecule has 0 aliphatic carbocycles. The molecule has 130 valence electrons. The van der Waals surface area contributed by atoms with Crippen molar-refractivity contribution in [3.63, 3.8) is 0 Å². The lowest BCUT2D eigenvalue weighted by Gasteiger charge is -2.34. The predicted octanol–water partition coefficient (Wildman–Crippen LogP) is 3.64. The number of likely N-dealkylation sites (tertiary alicyclic amines) is 1. The van der Waals surface area contributed by atoms with Crippen LogP contribution in [0.5, 0.6) is 5.75 Å². The number of piperidine rings is 1. The summed E-state index contributed by atoms with van der Waals surface area (Å²) in [6.07, 6.45) is 1.64. The fourth-order valence-electron chi connectivity index (χ4n) is 2.83. The van der Waals surface area contributed by atoms with Gasteiger partial charge in [-0.05, 0) is 57.5 Å². The summed E-state index contributed by atoms with van der Waals surface area (Å²) in [5, 5.41) is 4.17. The lowest BCUT2D eigenvalue weighted by molar-refractivity contribution is -0.139. The number of amides is 1. The van der Waals surface area contributed by atoms with Crippen molar-refractivity contribution in [3.8, 4) is 5.75 Å². The van der Waals surface area contributed by atoms with Crippen LogP contribution in [-0.2, 0) is 4.79 Å². The highest BCUT2D eigenvalue weighted by Gasteiger charge is 2.27. The molecule has 7 heteroatoms. The third-order valence-corrected chi connectivity index (χ3v) is 4.26. The molecular weight excluding hydrogens is 359 g/mol. The van der Waals surface area contributed by atoms with Crippen molar-refractivity contribution in [2.45, 2.75) is 25.9 Å². The molecule has 0 bridgehead atoms. The normalized spacial score (nSPS) is 19.0. The zero-order valence-electron chi connectivity index (χ0n) is 13.4. The van der Waals surface area contributed by atoms with Gasteiger partial charge >= 0.3 is 0 Å². The summed E-state index contributed by atoms with van der Waals surface area (Å²) < 4.78 is 5.71. The van der Waals surface area contributed by atoms with Crippen LogP contribution < -0.4 is 10.1 Å². The van der Waals surface area contributed by atoms with Crippen molar-refractivity contribution in [1.29, 1.82) is 0 Å². The molecule has 1 fully saturated rings. The van der Waals surface area contributed by atoms with Gasteiger partial charge < -0.3 is 15.0 Å². The Morgan fingerprint density at radius 1 is 1.39 bits per heavy atom. The van der Waals surface area contributed by atoms with E-state index in [1.165, 1.54) is 0 Å². The molecule has 1 heterocycles. The number of benzene rings is 1. The lowest BCUT2D eigenvalue weighted by Crippen LogP contribution is -2.47. The smallest absolute Gasteiger partial charge is 0.263 e. The van der Waals surface area contributed by atoms with Gasteiger partial charge in [-0.3, -0.25) is 4.79 Å². The third kappa shape index (κ3) is 6.03. The summed E-state index contributed by atoms with van der Waals surface area (Å²) in [6, 6.07) is 4.96. The van der Waals surface area contributed by atoms with Gasteiger partial charge in [-0.25, -0.2) is 0 Å². The second-order valence-corrected chi connectivity index (χ2v) is 6.59. The Balaban J connectivity index is 0.00000264. The topological polar surface area (TPSA) is 41.6 Å². The first kappa shape index (κ1) is 20.4. The number of hydrogen-bond acceptors (Lipinski definition) is 3. The van der Waals surface area contributed by atoms with Crippen LogP contribution in [0.15, 0.2) is 18.2 Å². The summed E-state index contributed by atoms with van der Waals surface area (Å²) in [5.41, 5.74) is 0. The average Bonchev–Trinajstić information content (AvgIpc) is 2.46. The van der Waals surface area contributed by atoms with E-state index in [4.69, 9.17) is 27.9 Å². The highest BCUT2D eigenvalue weighted by atomic mass is 35.5. The Bertz CT molecular complexity index is 506. The molecule has 0 saturated carbocycles. The molecule has 2 atom stereocenters. The largest absolute Gasteiger partial charge is 0.481 e. The fourth-order valence-corrected chi connectivity index (χ4v) is 3.33. The standard InChI is InChI=1S/C16H22Cl2N2O2.ClH/c1-11(22-15-7-13(17)6-14(18)8-15)16(21)20-5-3-4-12(10-20)9-19-2;/h6-8,11-12,19H,3-5,9-10H2,1-2H3;1H. The molecule has 0 spiro atoms. The second kappa shape index (κ2) is 9.58. The van der Waals surface area contributed by atoms with Crippen molar-refractivity contribution in [3.05, 3.63) is 28.2 Å². The van der Waals surface area contributed by atoms with E-state index < -0.39 is 6.10 Å². The van der Waals surface area contributed by atoms with Gasteiger partial charge in [-0.2, -0.15) is 0 Å². The molecule has 1 aromatic carbocycles. The molecule has 2 rings (SSSR count). The van der Waals surface area contributed by atoms with Gasteiger partial charge in [0.05, 0.1) is 0 Å². The zero-order valence-corrected chi connectivity index (χ0v) is 15.7. The van der Waals surface area contributed by atoms with E-state index in [0.29, 0.717) is 21.7 Å². The monoisotopic (exact) mass is 380 g/mol. The molecular formula is C16H23Cl3N2O2. The number of ether oxygens (including phenoxy) is 1. The molecule has 0 aromatic heterocycles. The van der Waals surface area contributed by atoms with E-state index in [2.05, 4.69) is 5.32 Å². The molecule has 1 aromatic rings. The van der Waals surface area contributed by atoms with Gasteiger partial charge in [0, 0.05) is 23.1 Å². The van der Waals surface area contributed by atoms with Crippen molar-refractivity contribution < 1.29 is 9.53 Å². The van der Waals surface area contributed by atoms with Crippen molar-refractivity contribution in [1.82, 2.24) is 10.2 Å². The van der Waals surface area contributed by atoms with E-state index >= 15 is 0 Å². The van der Waals surface area contributed by atoms with Crippen LogP contribution in [0.1, 0.15) is 19.8 Å². The van der Waals surface area contributed by atoms with E-state index in [0.717, 1.165) is 32.5 Å². The SMILES string of the molecule is CNCC1CCCN(C(=O)C(C)Oc2cc(Cl)cc(Cl)c2)C1.Cl. The van der Waals surface area contributed by atoms with E-state index in [1.807, 2.05) is 11.9 Å². The van der Waals surface area contributed by atoms with Crippen LogP contribution >= 0.6 is 35.6 Å².